The number of nitrogens with zero attached hydrogens (tertiary/aromatic N) is 3. The minimum Gasteiger partial charge on any atom is -0.350 e. The fourth-order valence-corrected chi connectivity index (χ4v) is 4.89. The second kappa shape index (κ2) is 8.69. The highest BCUT2D eigenvalue weighted by atomic mass is 16.2. The molecule has 1 aliphatic heterocycles. The molecule has 4 aromatic rings. The van der Waals surface area contributed by atoms with Gasteiger partial charge in [0.05, 0.1) is 17.7 Å². The Labute approximate surface area is 198 Å². The number of aryl methyl sites for hydroxylation is 2. The van der Waals surface area contributed by atoms with Crippen molar-refractivity contribution >= 4 is 44.8 Å². The molecule has 0 saturated carbocycles. The smallest absolute Gasteiger partial charge is 0.259 e. The summed E-state index contributed by atoms with van der Waals surface area (Å²) in [6, 6.07) is 15.9. The van der Waals surface area contributed by atoms with Crippen LogP contribution in [0, 0.1) is 12.3 Å². The maximum absolute atomic E-state index is 13.1. The molecule has 2 amide bonds. The van der Waals surface area contributed by atoms with E-state index >= 15 is 0 Å². The van der Waals surface area contributed by atoms with Crippen molar-refractivity contribution < 1.29 is 9.59 Å². The first-order valence-corrected chi connectivity index (χ1v) is 11.3. The predicted molar refractivity (Wildman–Crippen MR) is 136 cm³/mol. The van der Waals surface area contributed by atoms with Gasteiger partial charge in [-0.2, -0.15) is 0 Å². The maximum atomic E-state index is 13.1. The third kappa shape index (κ3) is 3.60. The Balaban J connectivity index is 1.64. The number of hydrogen-bond acceptors (Lipinski definition) is 3. The lowest BCUT2D eigenvalue weighted by Crippen LogP contribution is -2.22. The van der Waals surface area contributed by atoms with Crippen molar-refractivity contribution in [2.45, 2.75) is 13.0 Å². The van der Waals surface area contributed by atoms with Crippen molar-refractivity contribution in [3.8, 4) is 12.3 Å². The number of carbonyl (C=O) groups is 2. The molecule has 2 aromatic carbocycles. The van der Waals surface area contributed by atoms with E-state index in [1.54, 1.807) is 0 Å². The summed E-state index contributed by atoms with van der Waals surface area (Å²) in [6.07, 6.45) is 10.3. The van der Waals surface area contributed by atoms with E-state index in [1.165, 1.54) is 0 Å². The average Bonchev–Trinajstić information content (AvgIpc) is 3.45. The highest BCUT2D eigenvalue weighted by Crippen LogP contribution is 2.38. The second-order valence-corrected chi connectivity index (χ2v) is 8.75. The van der Waals surface area contributed by atoms with Crippen molar-refractivity contribution in [2.75, 3.05) is 20.1 Å². The lowest BCUT2D eigenvalue weighted by molar-refractivity contribution is -0.122. The van der Waals surface area contributed by atoms with E-state index in [2.05, 4.69) is 26.8 Å². The van der Waals surface area contributed by atoms with E-state index in [0.717, 1.165) is 52.4 Å². The van der Waals surface area contributed by atoms with Crippen LogP contribution in [0.15, 0.2) is 60.9 Å². The van der Waals surface area contributed by atoms with E-state index in [4.69, 9.17) is 6.42 Å². The Bertz CT molecular complexity index is 1510. The van der Waals surface area contributed by atoms with Crippen LogP contribution in [0.25, 0.3) is 33.0 Å². The minimum atomic E-state index is -0.357. The van der Waals surface area contributed by atoms with Crippen LogP contribution >= 0.6 is 0 Å². The molecule has 0 spiro atoms. The zero-order valence-corrected chi connectivity index (χ0v) is 19.3. The molecule has 1 N–H and O–H groups in total. The molecule has 6 nitrogen and oxygen atoms in total. The van der Waals surface area contributed by atoms with Gasteiger partial charge in [0.25, 0.3) is 11.8 Å². The minimum absolute atomic E-state index is 0.357. The predicted octanol–water partition coefficient (Wildman–Crippen LogP) is 3.66. The highest BCUT2D eigenvalue weighted by molar-refractivity contribution is 6.50. The Morgan fingerprint density at radius 3 is 2.18 bits per heavy atom. The number of terminal acetylenes is 1. The Hall–Kier alpha value is -4.08. The Kier molecular flexibility index (Phi) is 5.56. The third-order valence-corrected chi connectivity index (χ3v) is 6.46. The molecular weight excluding hydrogens is 424 g/mol. The summed E-state index contributed by atoms with van der Waals surface area (Å²) in [4.78, 5) is 28.3. The Morgan fingerprint density at radius 1 is 0.912 bits per heavy atom. The summed E-state index contributed by atoms with van der Waals surface area (Å²) >= 11 is 0. The number of carbonyl (C=O) groups excluding carboxylic acids is 2. The van der Waals surface area contributed by atoms with Crippen molar-refractivity contribution in [1.29, 1.82) is 0 Å². The standard InChI is InChI=1S/C28H26N4O2/c1-4-14-30(2)15-9-16-32-18-22(20-11-6-8-13-24(20)32)26-25(27(33)29-28(26)34)21-17-31(3)23-12-7-5-10-19(21)23/h1,5-8,10-13,17-18H,9,14-16H2,2-3H3,(H,29,33,34). The topological polar surface area (TPSA) is 59.3 Å². The van der Waals surface area contributed by atoms with Gasteiger partial charge in [-0.1, -0.05) is 42.3 Å². The van der Waals surface area contributed by atoms with Crippen molar-refractivity contribution in [3.63, 3.8) is 0 Å². The largest absolute Gasteiger partial charge is 0.350 e. The van der Waals surface area contributed by atoms with Crippen LogP contribution in [0.3, 0.4) is 0 Å². The number of para-hydroxylation sites is 2. The summed E-state index contributed by atoms with van der Waals surface area (Å²) in [5.41, 5.74) is 4.45. The molecule has 6 heteroatoms. The second-order valence-electron chi connectivity index (χ2n) is 8.75. The first kappa shape index (κ1) is 21.7. The number of fused-ring (bicyclic) bond motifs is 2. The summed E-state index contributed by atoms with van der Waals surface area (Å²) in [5, 5.41) is 4.44. The lowest BCUT2D eigenvalue weighted by Gasteiger charge is -2.13. The summed E-state index contributed by atoms with van der Waals surface area (Å²) < 4.78 is 4.15. The molecule has 5 rings (SSSR count). The lowest BCUT2D eigenvalue weighted by atomic mass is 9.95. The molecule has 0 aliphatic carbocycles. The summed E-state index contributed by atoms with van der Waals surface area (Å²) in [5.74, 6) is 1.95. The fourth-order valence-electron chi connectivity index (χ4n) is 4.89. The molecule has 0 unspecified atom stereocenters. The molecule has 0 radical (unpaired) electrons. The van der Waals surface area contributed by atoms with Gasteiger partial charge in [-0.05, 0) is 25.6 Å². The number of aromatic nitrogens is 2. The van der Waals surface area contributed by atoms with Gasteiger partial charge in [0.2, 0.25) is 0 Å². The molecule has 1 aliphatic rings. The van der Waals surface area contributed by atoms with Crippen molar-refractivity contribution in [1.82, 2.24) is 19.4 Å². The van der Waals surface area contributed by atoms with E-state index in [0.29, 0.717) is 17.7 Å². The van der Waals surface area contributed by atoms with Gasteiger partial charge in [0.1, 0.15) is 0 Å². The molecule has 2 aromatic heterocycles. The normalized spacial score (nSPS) is 13.9. The number of nitrogens with one attached hydrogen (secondary N) is 1. The van der Waals surface area contributed by atoms with Gasteiger partial charge in [0, 0.05) is 65.5 Å². The van der Waals surface area contributed by atoms with Crippen LogP contribution in [-0.2, 0) is 23.2 Å². The Morgan fingerprint density at radius 2 is 1.50 bits per heavy atom. The van der Waals surface area contributed by atoms with Gasteiger partial charge < -0.3 is 9.13 Å². The molecular formula is C28H26N4O2. The number of rotatable bonds is 7. The van der Waals surface area contributed by atoms with E-state index in [1.807, 2.05) is 73.5 Å². The van der Waals surface area contributed by atoms with Gasteiger partial charge in [-0.25, -0.2) is 0 Å². The van der Waals surface area contributed by atoms with E-state index in [9.17, 15) is 9.59 Å². The number of amides is 2. The molecule has 0 bridgehead atoms. The molecule has 3 heterocycles. The SMILES string of the molecule is C#CCN(C)CCCn1cc(C2=C(c3cn(C)c4ccccc34)C(=O)NC2=O)c2ccccc21. The quantitative estimate of drug-likeness (QED) is 0.345. The molecule has 0 fully saturated rings. The van der Waals surface area contributed by atoms with Crippen LogP contribution in [0.2, 0.25) is 0 Å². The van der Waals surface area contributed by atoms with Gasteiger partial charge in [0.15, 0.2) is 0 Å². The van der Waals surface area contributed by atoms with Gasteiger partial charge in [-0.3, -0.25) is 19.8 Å². The number of imide groups is 1. The van der Waals surface area contributed by atoms with Gasteiger partial charge in [-0.15, -0.1) is 6.42 Å². The molecule has 170 valence electrons. The van der Waals surface area contributed by atoms with Crippen molar-refractivity contribution in [3.05, 3.63) is 72.1 Å². The van der Waals surface area contributed by atoms with Crippen LogP contribution in [0.5, 0.6) is 0 Å². The fraction of sp³-hybridized carbons (Fsp3) is 0.214. The van der Waals surface area contributed by atoms with Crippen LogP contribution < -0.4 is 5.32 Å². The van der Waals surface area contributed by atoms with Crippen LogP contribution in [-0.4, -0.2) is 46.0 Å². The monoisotopic (exact) mass is 450 g/mol. The molecule has 34 heavy (non-hydrogen) atoms. The van der Waals surface area contributed by atoms with Crippen LogP contribution in [0.1, 0.15) is 17.5 Å². The van der Waals surface area contributed by atoms with E-state index < -0.39 is 0 Å². The zero-order valence-electron chi connectivity index (χ0n) is 19.3. The number of hydrogen-bond donors (Lipinski definition) is 1. The molecule has 0 atom stereocenters. The first-order valence-electron chi connectivity index (χ1n) is 11.3. The van der Waals surface area contributed by atoms with Crippen molar-refractivity contribution in [2.24, 2.45) is 7.05 Å². The molecule has 0 saturated heterocycles. The third-order valence-electron chi connectivity index (χ3n) is 6.46. The summed E-state index contributed by atoms with van der Waals surface area (Å²) in [6.45, 7) is 2.26. The number of benzene rings is 2. The maximum Gasteiger partial charge on any atom is 0.259 e. The van der Waals surface area contributed by atoms with E-state index in [-0.39, 0.29) is 11.8 Å². The zero-order chi connectivity index (χ0) is 23.8. The highest BCUT2D eigenvalue weighted by Gasteiger charge is 2.35. The average molecular weight is 451 g/mol. The summed E-state index contributed by atoms with van der Waals surface area (Å²) in [7, 11) is 3.96. The van der Waals surface area contributed by atoms with Gasteiger partial charge >= 0.3 is 0 Å². The van der Waals surface area contributed by atoms with Crippen LogP contribution in [0.4, 0.5) is 0 Å². The first-order chi connectivity index (χ1) is 16.5.